The standard InChI is InChI=1S/C20H18N2O2/c23-20(19-11-6-14-24-19)22-13-12-17(16-9-4-5-10-18(16)22)21-15-7-2-1-3-8-15/h1-11,14,17,21H,12-13H2. The maximum Gasteiger partial charge on any atom is 0.293 e. The van der Waals surface area contributed by atoms with Crippen molar-refractivity contribution in [1.82, 2.24) is 0 Å². The van der Waals surface area contributed by atoms with E-state index in [0.717, 1.165) is 23.4 Å². The van der Waals surface area contributed by atoms with Gasteiger partial charge in [-0.25, -0.2) is 0 Å². The van der Waals surface area contributed by atoms with E-state index in [0.29, 0.717) is 12.3 Å². The largest absolute Gasteiger partial charge is 0.459 e. The van der Waals surface area contributed by atoms with Gasteiger partial charge in [-0.15, -0.1) is 0 Å². The molecule has 2 aromatic carbocycles. The van der Waals surface area contributed by atoms with E-state index < -0.39 is 0 Å². The molecule has 0 saturated carbocycles. The highest BCUT2D eigenvalue weighted by molar-refractivity contribution is 6.05. The SMILES string of the molecule is O=C(c1ccco1)N1CCC(Nc2ccccc2)c2ccccc21. The van der Waals surface area contributed by atoms with E-state index in [1.54, 1.807) is 17.0 Å². The number of benzene rings is 2. The summed E-state index contributed by atoms with van der Waals surface area (Å²) < 4.78 is 5.28. The Bertz CT molecular complexity index is 828. The van der Waals surface area contributed by atoms with Crippen LogP contribution < -0.4 is 10.2 Å². The second kappa shape index (κ2) is 6.24. The van der Waals surface area contributed by atoms with Crippen molar-refractivity contribution in [2.45, 2.75) is 12.5 Å². The van der Waals surface area contributed by atoms with Gasteiger partial charge in [0.25, 0.3) is 5.91 Å². The molecule has 2 heterocycles. The van der Waals surface area contributed by atoms with Gasteiger partial charge in [0.05, 0.1) is 12.3 Å². The Kier molecular flexibility index (Phi) is 3.79. The van der Waals surface area contributed by atoms with Gasteiger partial charge in [0.15, 0.2) is 5.76 Å². The molecular weight excluding hydrogens is 300 g/mol. The number of amides is 1. The van der Waals surface area contributed by atoms with E-state index >= 15 is 0 Å². The molecule has 1 aliphatic heterocycles. The zero-order valence-corrected chi connectivity index (χ0v) is 13.2. The van der Waals surface area contributed by atoms with Crippen LogP contribution in [0, 0.1) is 0 Å². The molecular formula is C20H18N2O2. The number of hydrogen-bond donors (Lipinski definition) is 1. The average Bonchev–Trinajstić information content (AvgIpc) is 3.17. The van der Waals surface area contributed by atoms with E-state index in [4.69, 9.17) is 4.42 Å². The Morgan fingerprint density at radius 2 is 1.79 bits per heavy atom. The van der Waals surface area contributed by atoms with Crippen LogP contribution in [-0.2, 0) is 0 Å². The first kappa shape index (κ1) is 14.6. The predicted octanol–water partition coefficient (Wildman–Crippen LogP) is 4.48. The van der Waals surface area contributed by atoms with Crippen LogP contribution >= 0.6 is 0 Å². The summed E-state index contributed by atoms with van der Waals surface area (Å²) in [6.07, 6.45) is 2.38. The number of carbonyl (C=O) groups is 1. The van der Waals surface area contributed by atoms with Crippen molar-refractivity contribution in [3.8, 4) is 0 Å². The van der Waals surface area contributed by atoms with Crippen molar-refractivity contribution < 1.29 is 9.21 Å². The minimum Gasteiger partial charge on any atom is -0.459 e. The van der Waals surface area contributed by atoms with E-state index in [9.17, 15) is 4.79 Å². The van der Waals surface area contributed by atoms with Crippen molar-refractivity contribution in [2.24, 2.45) is 0 Å². The Morgan fingerprint density at radius 1 is 1.00 bits per heavy atom. The molecule has 4 nitrogen and oxygen atoms in total. The van der Waals surface area contributed by atoms with Gasteiger partial charge in [0.2, 0.25) is 0 Å². The Labute approximate surface area is 140 Å². The number of furan rings is 1. The Morgan fingerprint density at radius 3 is 2.58 bits per heavy atom. The highest BCUT2D eigenvalue weighted by Gasteiger charge is 2.29. The number of carbonyl (C=O) groups excluding carboxylic acids is 1. The predicted molar refractivity (Wildman–Crippen MR) is 94.2 cm³/mol. The molecule has 1 amide bonds. The quantitative estimate of drug-likeness (QED) is 0.774. The summed E-state index contributed by atoms with van der Waals surface area (Å²) in [6.45, 7) is 0.654. The van der Waals surface area contributed by atoms with Gasteiger partial charge in [-0.05, 0) is 42.3 Å². The normalized spacial score (nSPS) is 16.5. The molecule has 1 N–H and O–H groups in total. The summed E-state index contributed by atoms with van der Waals surface area (Å²) >= 11 is 0. The van der Waals surface area contributed by atoms with Crippen molar-refractivity contribution >= 4 is 17.3 Å². The lowest BCUT2D eigenvalue weighted by molar-refractivity contribution is 0.0958. The van der Waals surface area contributed by atoms with Crippen molar-refractivity contribution in [1.29, 1.82) is 0 Å². The third kappa shape index (κ3) is 2.67. The lowest BCUT2D eigenvalue weighted by atomic mass is 9.95. The van der Waals surface area contributed by atoms with E-state index in [1.165, 1.54) is 6.26 Å². The third-order valence-electron chi connectivity index (χ3n) is 4.34. The van der Waals surface area contributed by atoms with E-state index in [-0.39, 0.29) is 11.9 Å². The van der Waals surface area contributed by atoms with Crippen LogP contribution in [0.25, 0.3) is 0 Å². The highest BCUT2D eigenvalue weighted by atomic mass is 16.3. The summed E-state index contributed by atoms with van der Waals surface area (Å²) in [6, 6.07) is 21.8. The van der Waals surface area contributed by atoms with Crippen molar-refractivity contribution in [2.75, 3.05) is 16.8 Å². The van der Waals surface area contributed by atoms with Gasteiger partial charge >= 0.3 is 0 Å². The number of para-hydroxylation sites is 2. The number of rotatable bonds is 3. The van der Waals surface area contributed by atoms with Crippen LogP contribution in [0.15, 0.2) is 77.4 Å². The molecule has 1 atom stereocenters. The van der Waals surface area contributed by atoms with Gasteiger partial charge in [-0.1, -0.05) is 36.4 Å². The van der Waals surface area contributed by atoms with Crippen molar-refractivity contribution in [3.63, 3.8) is 0 Å². The van der Waals surface area contributed by atoms with Gasteiger partial charge in [-0.3, -0.25) is 4.79 Å². The highest BCUT2D eigenvalue weighted by Crippen LogP contribution is 2.36. The fourth-order valence-corrected chi connectivity index (χ4v) is 3.19. The molecule has 1 aliphatic rings. The van der Waals surface area contributed by atoms with Gasteiger partial charge in [0.1, 0.15) is 0 Å². The average molecular weight is 318 g/mol. The Balaban J connectivity index is 1.64. The van der Waals surface area contributed by atoms with Crippen LogP contribution in [0.4, 0.5) is 11.4 Å². The Hall–Kier alpha value is -3.01. The summed E-state index contributed by atoms with van der Waals surface area (Å²) in [5.74, 6) is 0.282. The molecule has 4 rings (SSSR count). The molecule has 1 aromatic heterocycles. The summed E-state index contributed by atoms with van der Waals surface area (Å²) in [4.78, 5) is 14.5. The maximum atomic E-state index is 12.7. The van der Waals surface area contributed by atoms with Crippen LogP contribution in [0.5, 0.6) is 0 Å². The molecule has 120 valence electrons. The first-order valence-electron chi connectivity index (χ1n) is 8.09. The molecule has 3 aromatic rings. The number of nitrogens with zero attached hydrogens (tertiary/aromatic N) is 1. The monoisotopic (exact) mass is 318 g/mol. The first-order chi connectivity index (χ1) is 11.8. The molecule has 0 fully saturated rings. The molecule has 0 spiro atoms. The molecule has 1 unspecified atom stereocenters. The molecule has 0 bridgehead atoms. The molecule has 24 heavy (non-hydrogen) atoms. The topological polar surface area (TPSA) is 45.5 Å². The zero-order valence-electron chi connectivity index (χ0n) is 13.2. The van der Waals surface area contributed by atoms with E-state index in [2.05, 4.69) is 23.5 Å². The summed E-state index contributed by atoms with van der Waals surface area (Å²) in [5.41, 5.74) is 3.16. The lowest BCUT2D eigenvalue weighted by Crippen LogP contribution is -2.37. The maximum absolute atomic E-state index is 12.7. The van der Waals surface area contributed by atoms with Crippen LogP contribution in [0.2, 0.25) is 0 Å². The molecule has 0 saturated heterocycles. The van der Waals surface area contributed by atoms with Crippen LogP contribution in [0.1, 0.15) is 28.6 Å². The van der Waals surface area contributed by atoms with Gasteiger partial charge in [-0.2, -0.15) is 0 Å². The van der Waals surface area contributed by atoms with Gasteiger partial charge in [0, 0.05) is 17.9 Å². The number of hydrogen-bond acceptors (Lipinski definition) is 3. The second-order valence-corrected chi connectivity index (χ2v) is 5.84. The van der Waals surface area contributed by atoms with Gasteiger partial charge < -0.3 is 14.6 Å². The molecule has 0 aliphatic carbocycles. The van der Waals surface area contributed by atoms with Crippen LogP contribution in [0.3, 0.4) is 0 Å². The van der Waals surface area contributed by atoms with Crippen LogP contribution in [-0.4, -0.2) is 12.5 Å². The smallest absolute Gasteiger partial charge is 0.293 e. The molecule has 0 radical (unpaired) electrons. The second-order valence-electron chi connectivity index (χ2n) is 5.84. The minimum atomic E-state index is -0.0920. The fourth-order valence-electron chi connectivity index (χ4n) is 3.19. The zero-order chi connectivity index (χ0) is 16.4. The molecule has 4 heteroatoms. The summed E-state index contributed by atoms with van der Waals surface area (Å²) in [5, 5.41) is 3.57. The fraction of sp³-hybridized carbons (Fsp3) is 0.150. The summed E-state index contributed by atoms with van der Waals surface area (Å²) in [7, 11) is 0. The third-order valence-corrected chi connectivity index (χ3v) is 4.34. The minimum absolute atomic E-state index is 0.0920. The van der Waals surface area contributed by atoms with E-state index in [1.807, 2.05) is 36.4 Å². The number of nitrogens with one attached hydrogen (secondary N) is 1. The lowest BCUT2D eigenvalue weighted by Gasteiger charge is -2.34. The van der Waals surface area contributed by atoms with Crippen molar-refractivity contribution in [3.05, 3.63) is 84.3 Å². The number of anilines is 2. The first-order valence-corrected chi connectivity index (χ1v) is 8.09. The number of fused-ring (bicyclic) bond motifs is 1.